The van der Waals surface area contributed by atoms with Gasteiger partial charge < -0.3 is 0 Å². The summed E-state index contributed by atoms with van der Waals surface area (Å²) in [6.45, 7) is 1.94. The van der Waals surface area contributed by atoms with Crippen LogP contribution in [0.25, 0.3) is 0 Å². The van der Waals surface area contributed by atoms with E-state index in [0.717, 1.165) is 16.2 Å². The lowest BCUT2D eigenvalue weighted by atomic mass is 9.93. The van der Waals surface area contributed by atoms with E-state index in [0.29, 0.717) is 11.4 Å². The van der Waals surface area contributed by atoms with Gasteiger partial charge in [-0.3, -0.25) is 19.4 Å². The molecule has 5 rings (SSSR count). The molecule has 150 valence electrons. The maximum absolute atomic E-state index is 13.4. The quantitative estimate of drug-likeness (QED) is 0.626. The predicted molar refractivity (Wildman–Crippen MR) is 108 cm³/mol. The number of aryl methyl sites for hydroxylation is 1. The van der Waals surface area contributed by atoms with Crippen molar-refractivity contribution in [1.29, 1.82) is 0 Å². The number of carbonyl (C=O) groups excluding carboxylic acids is 2. The second-order valence-corrected chi connectivity index (χ2v) is 7.35. The van der Waals surface area contributed by atoms with Crippen molar-refractivity contribution in [3.8, 4) is 0 Å². The Hall–Kier alpha value is -3.58. The molecule has 7 heteroatoms. The molecule has 0 radical (unpaired) electrons. The van der Waals surface area contributed by atoms with Crippen molar-refractivity contribution in [2.24, 2.45) is 5.92 Å². The Balaban J connectivity index is 1.59. The van der Waals surface area contributed by atoms with Crippen LogP contribution in [0.1, 0.15) is 17.3 Å². The molecule has 2 amide bonds. The van der Waals surface area contributed by atoms with E-state index in [1.807, 2.05) is 43.3 Å². The van der Waals surface area contributed by atoms with Crippen LogP contribution in [0.2, 0.25) is 0 Å². The number of hydroxylamine groups is 1. The summed E-state index contributed by atoms with van der Waals surface area (Å²) in [4.78, 5) is 38.2. The molecule has 2 aromatic carbocycles. The fraction of sp³-hybridized carbons (Fsp3) is 0.174. The van der Waals surface area contributed by atoms with Gasteiger partial charge in [-0.05, 0) is 55.0 Å². The number of fused-ring (bicyclic) bond motifs is 1. The molecule has 6 nitrogen and oxygen atoms in total. The number of amides is 2. The topological polar surface area (TPSA) is 62.7 Å². The molecule has 2 aliphatic heterocycles. The third kappa shape index (κ3) is 2.78. The molecule has 30 heavy (non-hydrogen) atoms. The number of rotatable bonds is 3. The lowest BCUT2D eigenvalue weighted by molar-refractivity contribution is -0.126. The Labute approximate surface area is 172 Å². The maximum atomic E-state index is 13.4. The molecule has 0 aliphatic carbocycles. The van der Waals surface area contributed by atoms with Crippen LogP contribution in [0.3, 0.4) is 0 Å². The van der Waals surface area contributed by atoms with E-state index >= 15 is 0 Å². The van der Waals surface area contributed by atoms with Gasteiger partial charge in [0.25, 0.3) is 5.91 Å². The molecule has 2 aliphatic rings. The summed E-state index contributed by atoms with van der Waals surface area (Å²) in [5.41, 5.74) is 2.69. The minimum absolute atomic E-state index is 0.326. The molecular formula is C23H18FN3O3. The largest absolute Gasteiger partial charge is 0.273 e. The lowest BCUT2D eigenvalue weighted by Crippen LogP contribution is -2.37. The molecule has 0 bridgehead atoms. The van der Waals surface area contributed by atoms with E-state index in [9.17, 15) is 14.0 Å². The molecule has 0 spiro atoms. The predicted octanol–water partition coefficient (Wildman–Crippen LogP) is 3.58. The van der Waals surface area contributed by atoms with Gasteiger partial charge in [-0.2, -0.15) is 0 Å². The molecule has 2 fully saturated rings. The minimum atomic E-state index is -0.978. The molecular weight excluding hydrogens is 385 g/mol. The number of aromatic nitrogens is 1. The van der Waals surface area contributed by atoms with Crippen molar-refractivity contribution in [3.05, 3.63) is 90.0 Å². The van der Waals surface area contributed by atoms with Gasteiger partial charge in [0.2, 0.25) is 5.91 Å². The van der Waals surface area contributed by atoms with Crippen molar-refractivity contribution in [1.82, 2.24) is 4.98 Å². The molecule has 0 unspecified atom stereocenters. The number of imide groups is 1. The summed E-state index contributed by atoms with van der Waals surface area (Å²) in [5, 5.41) is 1.63. The van der Waals surface area contributed by atoms with Gasteiger partial charge >= 0.3 is 0 Å². The zero-order valence-corrected chi connectivity index (χ0v) is 16.1. The third-order valence-electron chi connectivity index (χ3n) is 5.54. The monoisotopic (exact) mass is 403 g/mol. The van der Waals surface area contributed by atoms with Crippen molar-refractivity contribution in [2.45, 2.75) is 19.1 Å². The average molecular weight is 403 g/mol. The van der Waals surface area contributed by atoms with Crippen molar-refractivity contribution in [3.63, 3.8) is 0 Å². The van der Waals surface area contributed by atoms with Crippen LogP contribution < -0.4 is 9.96 Å². The normalized spacial score (nSPS) is 23.2. The SMILES string of the molecule is Cc1ccccc1N1O[C@@H]2C(=O)N(c3ccc(F)cc3)C(=O)[C@H]2[C@@H]1c1ccccn1. The van der Waals surface area contributed by atoms with Crippen LogP contribution in [0.4, 0.5) is 15.8 Å². The van der Waals surface area contributed by atoms with Gasteiger partial charge in [-0.25, -0.2) is 14.4 Å². The Morgan fingerprint density at radius 1 is 0.933 bits per heavy atom. The lowest BCUT2D eigenvalue weighted by Gasteiger charge is -2.29. The second-order valence-electron chi connectivity index (χ2n) is 7.35. The fourth-order valence-electron chi connectivity index (χ4n) is 4.13. The number of anilines is 2. The van der Waals surface area contributed by atoms with E-state index in [1.165, 1.54) is 24.3 Å². The van der Waals surface area contributed by atoms with E-state index < -0.39 is 29.8 Å². The maximum Gasteiger partial charge on any atom is 0.266 e. The van der Waals surface area contributed by atoms with Gasteiger partial charge in [-0.1, -0.05) is 24.3 Å². The van der Waals surface area contributed by atoms with E-state index in [-0.39, 0.29) is 5.91 Å². The molecule has 3 atom stereocenters. The molecule has 2 saturated heterocycles. The number of hydrogen-bond acceptors (Lipinski definition) is 5. The Bertz CT molecular complexity index is 1120. The molecule has 3 heterocycles. The highest BCUT2D eigenvalue weighted by Crippen LogP contribution is 2.47. The minimum Gasteiger partial charge on any atom is -0.273 e. The molecule has 1 aromatic heterocycles. The molecule has 0 saturated carbocycles. The second kappa shape index (κ2) is 7.03. The van der Waals surface area contributed by atoms with Crippen molar-refractivity contribution >= 4 is 23.2 Å². The van der Waals surface area contributed by atoms with Crippen LogP contribution >= 0.6 is 0 Å². The Morgan fingerprint density at radius 3 is 2.37 bits per heavy atom. The molecule has 3 aromatic rings. The van der Waals surface area contributed by atoms with Gasteiger partial charge in [0.15, 0.2) is 6.10 Å². The smallest absolute Gasteiger partial charge is 0.266 e. The standard InChI is InChI=1S/C23H18FN3O3/c1-14-6-2-3-8-18(14)27-20(17-7-4-5-13-25-17)19-21(30-27)23(29)26(22(19)28)16-11-9-15(24)10-12-16/h2-13,19-21H,1H3/t19-,20-,21-/m0/s1. The van der Waals surface area contributed by atoms with Gasteiger partial charge in [0.05, 0.1) is 17.1 Å². The number of para-hydroxylation sites is 1. The Kier molecular flexibility index (Phi) is 4.33. The van der Waals surface area contributed by atoms with E-state index in [2.05, 4.69) is 4.98 Å². The van der Waals surface area contributed by atoms with Crippen LogP contribution in [-0.4, -0.2) is 22.9 Å². The third-order valence-corrected chi connectivity index (χ3v) is 5.54. The van der Waals surface area contributed by atoms with Gasteiger partial charge in [0, 0.05) is 6.20 Å². The van der Waals surface area contributed by atoms with E-state index in [1.54, 1.807) is 17.3 Å². The highest BCUT2D eigenvalue weighted by molar-refractivity contribution is 6.23. The zero-order chi connectivity index (χ0) is 20.8. The van der Waals surface area contributed by atoms with E-state index in [4.69, 9.17) is 4.84 Å². The summed E-state index contributed by atoms with van der Waals surface area (Å²) >= 11 is 0. The van der Waals surface area contributed by atoms with Crippen LogP contribution in [0.15, 0.2) is 72.9 Å². The number of halogens is 1. The summed E-state index contributed by atoms with van der Waals surface area (Å²) in [5.74, 6) is -2.06. The van der Waals surface area contributed by atoms with Crippen LogP contribution in [-0.2, 0) is 14.4 Å². The highest BCUT2D eigenvalue weighted by Gasteiger charge is 2.60. The van der Waals surface area contributed by atoms with Gasteiger partial charge in [0.1, 0.15) is 17.8 Å². The van der Waals surface area contributed by atoms with Crippen molar-refractivity contribution in [2.75, 3.05) is 9.96 Å². The van der Waals surface area contributed by atoms with Crippen LogP contribution in [0, 0.1) is 18.7 Å². The number of pyridine rings is 1. The summed E-state index contributed by atoms with van der Waals surface area (Å²) in [7, 11) is 0. The van der Waals surface area contributed by atoms with Crippen molar-refractivity contribution < 1.29 is 18.8 Å². The average Bonchev–Trinajstić information content (AvgIpc) is 3.26. The first-order valence-electron chi connectivity index (χ1n) is 9.62. The molecule has 0 N–H and O–H groups in total. The Morgan fingerprint density at radius 2 is 1.67 bits per heavy atom. The first-order valence-corrected chi connectivity index (χ1v) is 9.62. The number of benzene rings is 2. The zero-order valence-electron chi connectivity index (χ0n) is 16.1. The summed E-state index contributed by atoms with van der Waals surface area (Å²) in [6.07, 6.45) is 0.673. The summed E-state index contributed by atoms with van der Waals surface area (Å²) in [6, 6.07) is 17.8. The van der Waals surface area contributed by atoms with Gasteiger partial charge in [-0.15, -0.1) is 0 Å². The fourth-order valence-corrected chi connectivity index (χ4v) is 4.13. The first-order chi connectivity index (χ1) is 14.6. The number of hydrogen-bond donors (Lipinski definition) is 0. The van der Waals surface area contributed by atoms with Crippen LogP contribution in [0.5, 0.6) is 0 Å². The highest BCUT2D eigenvalue weighted by atomic mass is 19.1. The number of carbonyl (C=O) groups is 2. The first kappa shape index (κ1) is 18.4. The summed E-state index contributed by atoms with van der Waals surface area (Å²) < 4.78 is 13.3. The number of nitrogens with zero attached hydrogens (tertiary/aromatic N) is 3.